The Morgan fingerprint density at radius 1 is 1.36 bits per heavy atom. The van der Waals surface area contributed by atoms with Crippen LogP contribution >= 0.6 is 0 Å². The van der Waals surface area contributed by atoms with E-state index in [1.54, 1.807) is 0 Å². The summed E-state index contributed by atoms with van der Waals surface area (Å²) in [7, 11) is 0. The van der Waals surface area contributed by atoms with Crippen molar-refractivity contribution in [3.05, 3.63) is 0 Å². The lowest BCUT2D eigenvalue weighted by atomic mass is 9.90. The largest absolute Gasteiger partial charge is 0.372 e. The van der Waals surface area contributed by atoms with Gasteiger partial charge in [0.05, 0.1) is 18.3 Å². The Morgan fingerprint density at radius 2 is 2.00 bits per heavy atom. The number of hydrogen-bond donors (Lipinski definition) is 0. The van der Waals surface area contributed by atoms with Crippen LogP contribution < -0.4 is 0 Å². The van der Waals surface area contributed by atoms with E-state index >= 15 is 0 Å². The highest BCUT2D eigenvalue weighted by Crippen LogP contribution is 2.37. The van der Waals surface area contributed by atoms with Gasteiger partial charge in [0.2, 0.25) is 0 Å². The summed E-state index contributed by atoms with van der Waals surface area (Å²) in [6.45, 7) is 6.22. The quantitative estimate of drug-likeness (QED) is 0.635. The predicted molar refractivity (Wildman–Crippen MR) is 53.8 cm³/mol. The van der Waals surface area contributed by atoms with Crippen LogP contribution in [-0.4, -0.2) is 35.7 Å². The van der Waals surface area contributed by atoms with E-state index in [9.17, 15) is 5.26 Å². The molecule has 3 unspecified atom stereocenters. The molecule has 14 heavy (non-hydrogen) atoms. The molecule has 0 saturated carbocycles. The van der Waals surface area contributed by atoms with Crippen LogP contribution in [0.4, 0.5) is 0 Å². The van der Waals surface area contributed by atoms with Gasteiger partial charge in [-0.2, -0.15) is 5.26 Å². The summed E-state index contributed by atoms with van der Waals surface area (Å²) < 4.78 is 5.72. The summed E-state index contributed by atoms with van der Waals surface area (Å²) in [5, 5.41) is 9.39. The van der Waals surface area contributed by atoms with E-state index in [1.807, 2.05) is 6.92 Å². The Balaban J connectivity index is 2.21. The van der Waals surface area contributed by atoms with Crippen LogP contribution in [0.25, 0.3) is 0 Å². The Bertz CT molecular complexity index is 255. The lowest BCUT2D eigenvalue weighted by Gasteiger charge is -2.34. The maximum atomic E-state index is 9.39. The van der Waals surface area contributed by atoms with E-state index < -0.39 is 0 Å². The fraction of sp³-hybridized carbons (Fsp3) is 0.909. The van der Waals surface area contributed by atoms with E-state index in [4.69, 9.17) is 4.74 Å². The van der Waals surface area contributed by atoms with E-state index in [1.165, 1.54) is 12.8 Å². The van der Waals surface area contributed by atoms with Gasteiger partial charge in [0.15, 0.2) is 0 Å². The average Bonchev–Trinajstić information content (AvgIpc) is 2.73. The van der Waals surface area contributed by atoms with Crippen LogP contribution in [0.2, 0.25) is 0 Å². The molecule has 2 heterocycles. The summed E-state index contributed by atoms with van der Waals surface area (Å²) in [5.41, 5.74) is -0.337. The molecule has 0 radical (unpaired) electrons. The van der Waals surface area contributed by atoms with Crippen molar-refractivity contribution in [2.45, 2.75) is 50.9 Å². The zero-order valence-corrected chi connectivity index (χ0v) is 8.99. The fourth-order valence-electron chi connectivity index (χ4n) is 2.82. The first-order valence-corrected chi connectivity index (χ1v) is 5.51. The van der Waals surface area contributed by atoms with Crippen molar-refractivity contribution in [1.29, 1.82) is 5.26 Å². The Hall–Kier alpha value is -0.590. The van der Waals surface area contributed by atoms with Gasteiger partial charge in [-0.05, 0) is 39.8 Å². The third-order valence-corrected chi connectivity index (χ3v) is 3.57. The molecular weight excluding hydrogens is 176 g/mol. The van der Waals surface area contributed by atoms with Gasteiger partial charge in [-0.25, -0.2) is 0 Å². The van der Waals surface area contributed by atoms with Crippen molar-refractivity contribution < 1.29 is 4.74 Å². The van der Waals surface area contributed by atoms with Crippen LogP contribution in [0.5, 0.6) is 0 Å². The third kappa shape index (κ3) is 1.34. The van der Waals surface area contributed by atoms with Crippen molar-refractivity contribution in [1.82, 2.24) is 4.90 Å². The molecule has 2 aliphatic rings. The molecule has 2 aliphatic heterocycles. The summed E-state index contributed by atoms with van der Waals surface area (Å²) >= 11 is 0. The van der Waals surface area contributed by atoms with Gasteiger partial charge in [0.25, 0.3) is 0 Å². The van der Waals surface area contributed by atoms with Crippen LogP contribution in [0.15, 0.2) is 0 Å². The molecule has 2 fully saturated rings. The van der Waals surface area contributed by atoms with Gasteiger partial charge in [0.1, 0.15) is 5.54 Å². The van der Waals surface area contributed by atoms with E-state index in [0.717, 1.165) is 19.5 Å². The summed E-state index contributed by atoms with van der Waals surface area (Å²) in [6, 6.07) is 2.50. The molecule has 0 aromatic rings. The van der Waals surface area contributed by atoms with Gasteiger partial charge in [-0.15, -0.1) is 0 Å². The van der Waals surface area contributed by atoms with Gasteiger partial charge < -0.3 is 4.74 Å². The normalized spacial score (nSPS) is 44.1. The zero-order chi connectivity index (χ0) is 10.2. The first kappa shape index (κ1) is 9.95. The molecule has 3 nitrogen and oxygen atoms in total. The number of nitrogens with zero attached hydrogens (tertiary/aromatic N) is 2. The monoisotopic (exact) mass is 194 g/mol. The minimum Gasteiger partial charge on any atom is -0.372 e. The number of likely N-dealkylation sites (tertiary alicyclic amines) is 1. The Morgan fingerprint density at radius 3 is 2.43 bits per heavy atom. The number of rotatable bonds is 1. The molecule has 0 N–H and O–H groups in total. The highest BCUT2D eigenvalue weighted by atomic mass is 16.5. The molecular formula is C11H18N2O. The summed E-state index contributed by atoms with van der Waals surface area (Å²) in [4.78, 5) is 2.32. The SMILES string of the molecule is CC1CC(C#N)(N2CCCC2)C(C)O1. The minimum atomic E-state index is -0.337. The molecule has 0 aromatic carbocycles. The molecule has 3 heteroatoms. The second-order valence-electron chi connectivity index (χ2n) is 4.52. The van der Waals surface area contributed by atoms with Gasteiger partial charge in [0, 0.05) is 6.42 Å². The average molecular weight is 194 g/mol. The second-order valence-corrected chi connectivity index (χ2v) is 4.52. The Kier molecular flexibility index (Phi) is 2.50. The highest BCUT2D eigenvalue weighted by molar-refractivity contribution is 5.16. The number of ether oxygens (including phenoxy) is 1. The van der Waals surface area contributed by atoms with Gasteiger partial charge in [-0.3, -0.25) is 4.90 Å². The molecule has 78 valence electrons. The predicted octanol–water partition coefficient (Wildman–Crippen LogP) is 1.54. The topological polar surface area (TPSA) is 36.3 Å². The van der Waals surface area contributed by atoms with Crippen molar-refractivity contribution in [3.63, 3.8) is 0 Å². The zero-order valence-electron chi connectivity index (χ0n) is 8.99. The van der Waals surface area contributed by atoms with Crippen LogP contribution in [0.3, 0.4) is 0 Å². The molecule has 2 rings (SSSR count). The molecule has 0 bridgehead atoms. The van der Waals surface area contributed by atoms with Crippen LogP contribution in [-0.2, 0) is 4.74 Å². The van der Waals surface area contributed by atoms with E-state index in [-0.39, 0.29) is 17.7 Å². The van der Waals surface area contributed by atoms with Crippen LogP contribution in [0.1, 0.15) is 33.1 Å². The summed E-state index contributed by atoms with van der Waals surface area (Å²) in [6.07, 6.45) is 3.60. The van der Waals surface area contributed by atoms with E-state index in [2.05, 4.69) is 17.9 Å². The second kappa shape index (κ2) is 3.52. The highest BCUT2D eigenvalue weighted by Gasteiger charge is 2.50. The minimum absolute atomic E-state index is 0.0561. The van der Waals surface area contributed by atoms with Crippen LogP contribution in [0, 0.1) is 11.3 Å². The molecule has 0 spiro atoms. The fourth-order valence-corrected chi connectivity index (χ4v) is 2.82. The molecule has 2 saturated heterocycles. The molecule has 0 aliphatic carbocycles. The van der Waals surface area contributed by atoms with Crippen molar-refractivity contribution >= 4 is 0 Å². The smallest absolute Gasteiger partial charge is 0.137 e. The third-order valence-electron chi connectivity index (χ3n) is 3.57. The first-order chi connectivity index (χ1) is 6.69. The van der Waals surface area contributed by atoms with Gasteiger partial charge >= 0.3 is 0 Å². The van der Waals surface area contributed by atoms with Crippen molar-refractivity contribution in [3.8, 4) is 6.07 Å². The number of hydrogen-bond acceptors (Lipinski definition) is 3. The maximum Gasteiger partial charge on any atom is 0.137 e. The number of nitriles is 1. The van der Waals surface area contributed by atoms with Gasteiger partial charge in [-0.1, -0.05) is 0 Å². The van der Waals surface area contributed by atoms with Crippen molar-refractivity contribution in [2.24, 2.45) is 0 Å². The maximum absolute atomic E-state index is 9.39. The van der Waals surface area contributed by atoms with Crippen molar-refractivity contribution in [2.75, 3.05) is 13.1 Å². The molecule has 3 atom stereocenters. The van der Waals surface area contributed by atoms with E-state index in [0.29, 0.717) is 0 Å². The lowest BCUT2D eigenvalue weighted by molar-refractivity contribution is 0.0267. The Labute approximate surface area is 85.6 Å². The standard InChI is InChI=1S/C11H18N2O/c1-9-7-11(8-12,10(2)14-9)13-5-3-4-6-13/h9-10H,3-7H2,1-2H3. The first-order valence-electron chi connectivity index (χ1n) is 5.51. The lowest BCUT2D eigenvalue weighted by Crippen LogP contribution is -2.51. The molecule has 0 aromatic heterocycles. The molecule has 0 amide bonds. The summed E-state index contributed by atoms with van der Waals surface area (Å²) in [5.74, 6) is 0.